The average molecular weight is 574 g/mol. The lowest BCUT2D eigenvalue weighted by Crippen LogP contribution is -2.35. The SMILES string of the molecule is CCOC(=O)c1nc(NCC(c2ccccc2)c2ccccc2)c2ncn([C@@H]3O[C@H](C(=O)O)[C@H]4OC(C)(C)O[C@H]43)c2n1. The van der Waals surface area contributed by atoms with Gasteiger partial charge in [0.25, 0.3) is 0 Å². The Hall–Kier alpha value is -4.39. The number of nitrogens with zero attached hydrogens (tertiary/aromatic N) is 4. The Bertz CT molecular complexity index is 1550. The average Bonchev–Trinajstić information content (AvgIpc) is 3.64. The van der Waals surface area contributed by atoms with Crippen LogP contribution in [0.4, 0.5) is 5.82 Å². The highest BCUT2D eigenvalue weighted by molar-refractivity contribution is 5.91. The van der Waals surface area contributed by atoms with Crippen molar-refractivity contribution in [1.82, 2.24) is 19.5 Å². The predicted octanol–water partition coefficient (Wildman–Crippen LogP) is 3.75. The Labute approximate surface area is 241 Å². The molecule has 0 amide bonds. The fourth-order valence-corrected chi connectivity index (χ4v) is 5.51. The number of aromatic nitrogens is 4. The molecule has 2 aromatic heterocycles. The molecule has 0 spiro atoms. The molecule has 12 nitrogen and oxygen atoms in total. The number of anilines is 1. The van der Waals surface area contributed by atoms with E-state index in [0.29, 0.717) is 17.9 Å². The van der Waals surface area contributed by atoms with E-state index in [1.807, 2.05) is 36.4 Å². The van der Waals surface area contributed by atoms with E-state index < -0.39 is 42.3 Å². The van der Waals surface area contributed by atoms with Crippen LogP contribution in [0.15, 0.2) is 67.0 Å². The molecular weight excluding hydrogens is 542 g/mol. The number of ether oxygens (including phenoxy) is 4. The van der Waals surface area contributed by atoms with Crippen molar-refractivity contribution in [1.29, 1.82) is 0 Å². The standard InChI is InChI=1S/C30H31N5O7/c1-4-39-29(38)25-33-24(31-15-19(17-11-7-5-8-12-17)18-13-9-6-10-14-18)20-26(34-25)35(16-32-20)27-22-21(23(40-27)28(36)37)41-30(2,3)42-22/h5-14,16,19,21-23,27H,4,15H2,1-3H3,(H,36,37)(H,31,33,34)/t21-,22+,23-,27+/m0/s1. The molecular formula is C30H31N5O7. The summed E-state index contributed by atoms with van der Waals surface area (Å²) in [5.41, 5.74) is 2.84. The summed E-state index contributed by atoms with van der Waals surface area (Å²) in [4.78, 5) is 38.3. The molecule has 4 aromatic rings. The minimum Gasteiger partial charge on any atom is -0.479 e. The number of aliphatic carboxylic acids is 1. The van der Waals surface area contributed by atoms with Crippen LogP contribution < -0.4 is 5.32 Å². The van der Waals surface area contributed by atoms with Gasteiger partial charge in [0.05, 0.1) is 12.9 Å². The van der Waals surface area contributed by atoms with E-state index in [4.69, 9.17) is 18.9 Å². The number of carboxylic acid groups (broad SMARTS) is 1. The van der Waals surface area contributed by atoms with Crippen molar-refractivity contribution >= 4 is 28.9 Å². The number of carboxylic acids is 1. The molecule has 2 fully saturated rings. The molecule has 2 aliphatic heterocycles. The van der Waals surface area contributed by atoms with Gasteiger partial charge in [0.2, 0.25) is 5.82 Å². The topological polar surface area (TPSA) is 147 Å². The highest BCUT2D eigenvalue weighted by atomic mass is 16.8. The zero-order valence-electron chi connectivity index (χ0n) is 23.3. The minimum absolute atomic E-state index is 0.0351. The van der Waals surface area contributed by atoms with Crippen molar-refractivity contribution in [2.45, 2.75) is 57.0 Å². The zero-order valence-corrected chi connectivity index (χ0v) is 23.3. The van der Waals surface area contributed by atoms with Crippen molar-refractivity contribution in [2.24, 2.45) is 0 Å². The zero-order chi connectivity index (χ0) is 29.4. The van der Waals surface area contributed by atoms with Gasteiger partial charge in [-0.3, -0.25) is 4.57 Å². The minimum atomic E-state index is -1.26. The van der Waals surface area contributed by atoms with Gasteiger partial charge >= 0.3 is 11.9 Å². The number of imidazole rings is 1. The van der Waals surface area contributed by atoms with E-state index in [1.165, 1.54) is 6.33 Å². The molecule has 0 saturated carbocycles. The first kappa shape index (κ1) is 27.8. The maximum Gasteiger partial charge on any atom is 0.376 e. The van der Waals surface area contributed by atoms with Crippen LogP contribution >= 0.6 is 0 Å². The molecule has 2 saturated heterocycles. The summed E-state index contributed by atoms with van der Waals surface area (Å²) in [6.07, 6.45) is -2.31. The van der Waals surface area contributed by atoms with E-state index in [0.717, 1.165) is 11.1 Å². The first-order valence-electron chi connectivity index (χ1n) is 13.7. The number of carbonyl (C=O) groups excluding carboxylic acids is 1. The second kappa shape index (κ2) is 11.1. The molecule has 0 unspecified atom stereocenters. The lowest BCUT2D eigenvalue weighted by Gasteiger charge is -2.23. The summed E-state index contributed by atoms with van der Waals surface area (Å²) in [5, 5.41) is 13.2. The summed E-state index contributed by atoms with van der Waals surface area (Å²) in [6.45, 7) is 5.70. The van der Waals surface area contributed by atoms with Crippen molar-refractivity contribution in [3.05, 3.63) is 83.9 Å². The Kier molecular flexibility index (Phi) is 7.35. The van der Waals surface area contributed by atoms with Gasteiger partial charge in [-0.1, -0.05) is 60.7 Å². The number of rotatable bonds is 9. The summed E-state index contributed by atoms with van der Waals surface area (Å²) in [6, 6.07) is 20.1. The Morgan fingerprint density at radius 3 is 2.29 bits per heavy atom. The van der Waals surface area contributed by atoms with E-state index in [-0.39, 0.29) is 24.0 Å². The lowest BCUT2D eigenvalue weighted by molar-refractivity contribution is -0.202. The van der Waals surface area contributed by atoms with E-state index in [9.17, 15) is 14.7 Å². The number of hydrogen-bond acceptors (Lipinski definition) is 10. The number of hydrogen-bond donors (Lipinski definition) is 2. The van der Waals surface area contributed by atoms with Gasteiger partial charge in [-0.2, -0.15) is 0 Å². The number of carbonyl (C=O) groups is 2. The Morgan fingerprint density at radius 2 is 1.67 bits per heavy atom. The Balaban J connectivity index is 1.39. The van der Waals surface area contributed by atoms with Gasteiger partial charge in [-0.25, -0.2) is 24.5 Å². The van der Waals surface area contributed by atoms with E-state index >= 15 is 0 Å². The van der Waals surface area contributed by atoms with Crippen molar-refractivity contribution < 1.29 is 33.6 Å². The third-order valence-electron chi connectivity index (χ3n) is 7.30. The van der Waals surface area contributed by atoms with Gasteiger partial charge in [0.1, 0.15) is 12.2 Å². The smallest absolute Gasteiger partial charge is 0.376 e. The van der Waals surface area contributed by atoms with Gasteiger partial charge in [0.15, 0.2) is 35.1 Å². The molecule has 42 heavy (non-hydrogen) atoms. The van der Waals surface area contributed by atoms with Crippen LogP contribution in [0, 0.1) is 0 Å². The summed E-state index contributed by atoms with van der Waals surface area (Å²) < 4.78 is 24.6. The summed E-state index contributed by atoms with van der Waals surface area (Å²) in [7, 11) is 0. The van der Waals surface area contributed by atoms with Gasteiger partial charge < -0.3 is 29.4 Å². The molecule has 0 bridgehead atoms. The molecule has 6 rings (SSSR count). The summed E-state index contributed by atoms with van der Waals surface area (Å²) in [5.74, 6) is -2.76. The number of benzene rings is 2. The molecule has 0 aliphatic carbocycles. The molecule has 218 valence electrons. The monoisotopic (exact) mass is 573 g/mol. The van der Waals surface area contributed by atoms with Gasteiger partial charge in [-0.15, -0.1) is 0 Å². The van der Waals surface area contributed by atoms with Crippen LogP contribution in [0.2, 0.25) is 0 Å². The Morgan fingerprint density at radius 1 is 1.02 bits per heavy atom. The first-order valence-corrected chi connectivity index (χ1v) is 13.7. The number of nitrogens with one attached hydrogen (secondary N) is 1. The van der Waals surface area contributed by atoms with Gasteiger partial charge in [-0.05, 0) is 31.9 Å². The largest absolute Gasteiger partial charge is 0.479 e. The van der Waals surface area contributed by atoms with Crippen LogP contribution in [0.25, 0.3) is 11.2 Å². The molecule has 2 aromatic carbocycles. The highest BCUT2D eigenvalue weighted by Crippen LogP contribution is 2.44. The fourth-order valence-electron chi connectivity index (χ4n) is 5.51. The normalized spacial score (nSPS) is 22.8. The number of fused-ring (bicyclic) bond motifs is 2. The van der Waals surface area contributed by atoms with Crippen molar-refractivity contribution in [3.8, 4) is 0 Å². The second-order valence-electron chi connectivity index (χ2n) is 10.5. The lowest BCUT2D eigenvalue weighted by atomic mass is 9.91. The molecule has 12 heteroatoms. The number of esters is 1. The molecule has 4 atom stereocenters. The molecule has 2 aliphatic rings. The van der Waals surface area contributed by atoms with Crippen LogP contribution in [0.1, 0.15) is 54.7 Å². The van der Waals surface area contributed by atoms with Crippen LogP contribution in [0.5, 0.6) is 0 Å². The maximum atomic E-state index is 12.8. The highest BCUT2D eigenvalue weighted by Gasteiger charge is 2.58. The van der Waals surface area contributed by atoms with Crippen LogP contribution in [-0.2, 0) is 23.7 Å². The predicted molar refractivity (Wildman–Crippen MR) is 150 cm³/mol. The van der Waals surface area contributed by atoms with Crippen molar-refractivity contribution in [3.63, 3.8) is 0 Å². The molecule has 0 radical (unpaired) electrons. The van der Waals surface area contributed by atoms with Crippen molar-refractivity contribution in [2.75, 3.05) is 18.5 Å². The third-order valence-corrected chi connectivity index (χ3v) is 7.30. The second-order valence-corrected chi connectivity index (χ2v) is 10.5. The molecule has 2 N–H and O–H groups in total. The van der Waals surface area contributed by atoms with Crippen LogP contribution in [0.3, 0.4) is 0 Å². The molecule has 4 heterocycles. The van der Waals surface area contributed by atoms with E-state index in [1.54, 1.807) is 25.3 Å². The van der Waals surface area contributed by atoms with Gasteiger partial charge in [0, 0.05) is 12.5 Å². The maximum absolute atomic E-state index is 12.8. The quantitative estimate of drug-likeness (QED) is 0.282. The first-order chi connectivity index (χ1) is 20.3. The summed E-state index contributed by atoms with van der Waals surface area (Å²) >= 11 is 0. The third kappa shape index (κ3) is 5.20. The van der Waals surface area contributed by atoms with Crippen LogP contribution in [-0.4, -0.2) is 73.8 Å². The van der Waals surface area contributed by atoms with E-state index in [2.05, 4.69) is 44.5 Å². The fraction of sp³-hybridized carbons (Fsp3) is 0.367.